The molecular formula is C17H20O6. The van der Waals surface area contributed by atoms with Gasteiger partial charge in [0.2, 0.25) is 0 Å². The number of benzene rings is 1. The Morgan fingerprint density at radius 1 is 1.30 bits per heavy atom. The lowest BCUT2D eigenvalue weighted by Crippen LogP contribution is -2.62. The third-order valence-corrected chi connectivity index (χ3v) is 3.97. The fraction of sp³-hybridized carbons (Fsp3) is 0.529. The molecule has 2 aliphatic heterocycles. The Morgan fingerprint density at radius 3 is 2.78 bits per heavy atom. The third-order valence-electron chi connectivity index (χ3n) is 3.97. The largest absolute Gasteiger partial charge is 0.387 e. The Balaban J connectivity index is 1.74. The summed E-state index contributed by atoms with van der Waals surface area (Å²) >= 11 is 0. The summed E-state index contributed by atoms with van der Waals surface area (Å²) in [6.45, 7) is 0.351. The predicted octanol–water partition coefficient (Wildman–Crippen LogP) is 0.851. The molecule has 2 heterocycles. The highest BCUT2D eigenvalue weighted by atomic mass is 16.8. The molecule has 6 nitrogen and oxygen atoms in total. The molecule has 0 amide bonds. The number of hydrogen-bond donors (Lipinski definition) is 1. The maximum atomic E-state index is 10.6. The lowest BCUT2D eigenvalue weighted by molar-refractivity contribution is -0.361. The molecule has 1 N–H and O–H groups in total. The van der Waals surface area contributed by atoms with Crippen molar-refractivity contribution in [1.29, 1.82) is 0 Å². The van der Waals surface area contributed by atoms with Crippen molar-refractivity contribution in [3.8, 4) is 12.3 Å². The molecule has 0 aliphatic carbocycles. The van der Waals surface area contributed by atoms with Gasteiger partial charge < -0.3 is 28.8 Å². The summed E-state index contributed by atoms with van der Waals surface area (Å²) in [5, 5.41) is 10.6. The van der Waals surface area contributed by atoms with E-state index in [2.05, 4.69) is 5.92 Å². The number of rotatable bonds is 4. The van der Waals surface area contributed by atoms with Gasteiger partial charge in [0, 0.05) is 12.7 Å². The standard InChI is InChI=1S/C17H20O6/c1-3-9-20-15-13(18)14-12(22-17(15)19-2)10-21-16(23-14)11-7-5-4-6-8-11/h1,4-8,12-18H,9-10H2,2H3/t12-,13+,14-,15+,16-,17-/m1/s1. The quantitative estimate of drug-likeness (QED) is 0.830. The number of ether oxygens (including phenoxy) is 5. The van der Waals surface area contributed by atoms with E-state index in [1.54, 1.807) is 0 Å². The second kappa shape index (κ2) is 7.41. The Bertz CT molecular complexity index is 542. The Kier molecular flexibility index (Phi) is 5.28. The van der Waals surface area contributed by atoms with Gasteiger partial charge in [0.25, 0.3) is 0 Å². The first kappa shape index (κ1) is 16.4. The van der Waals surface area contributed by atoms with Crippen molar-refractivity contribution in [3.05, 3.63) is 35.9 Å². The fourth-order valence-corrected chi connectivity index (χ4v) is 2.86. The highest BCUT2D eigenvalue weighted by Crippen LogP contribution is 2.34. The molecule has 0 unspecified atom stereocenters. The van der Waals surface area contributed by atoms with E-state index in [0.717, 1.165) is 5.56 Å². The van der Waals surface area contributed by atoms with Gasteiger partial charge in [-0.3, -0.25) is 0 Å². The summed E-state index contributed by atoms with van der Waals surface area (Å²) in [6.07, 6.45) is 1.29. The molecule has 2 fully saturated rings. The summed E-state index contributed by atoms with van der Waals surface area (Å²) in [6, 6.07) is 9.54. The summed E-state index contributed by atoms with van der Waals surface area (Å²) in [5.41, 5.74) is 0.883. The first-order valence-corrected chi connectivity index (χ1v) is 7.48. The first-order chi connectivity index (χ1) is 11.2. The van der Waals surface area contributed by atoms with E-state index in [4.69, 9.17) is 30.1 Å². The second-order valence-corrected chi connectivity index (χ2v) is 5.43. The lowest BCUT2D eigenvalue weighted by atomic mass is 9.97. The zero-order valence-corrected chi connectivity index (χ0v) is 12.8. The second-order valence-electron chi connectivity index (χ2n) is 5.43. The summed E-state index contributed by atoms with van der Waals surface area (Å²) in [5.74, 6) is 2.38. The molecule has 23 heavy (non-hydrogen) atoms. The van der Waals surface area contributed by atoms with Crippen LogP contribution in [0.4, 0.5) is 0 Å². The van der Waals surface area contributed by atoms with Gasteiger partial charge in [0.15, 0.2) is 12.6 Å². The number of aliphatic hydroxyl groups is 1. The van der Waals surface area contributed by atoms with Gasteiger partial charge in [0.1, 0.15) is 31.0 Å². The molecule has 6 atom stereocenters. The minimum atomic E-state index is -0.929. The molecule has 3 rings (SSSR count). The van der Waals surface area contributed by atoms with E-state index in [0.29, 0.717) is 6.61 Å². The van der Waals surface area contributed by atoms with Crippen LogP contribution in [0.2, 0.25) is 0 Å². The molecule has 1 aromatic rings. The molecule has 6 heteroatoms. The molecule has 124 valence electrons. The summed E-state index contributed by atoms with van der Waals surface area (Å²) in [7, 11) is 1.49. The van der Waals surface area contributed by atoms with E-state index >= 15 is 0 Å². The van der Waals surface area contributed by atoms with Gasteiger partial charge in [-0.15, -0.1) is 6.42 Å². The normalized spacial score (nSPS) is 36.9. The highest BCUT2D eigenvalue weighted by molar-refractivity contribution is 5.16. The number of methoxy groups -OCH3 is 1. The van der Waals surface area contributed by atoms with Crippen molar-refractivity contribution in [2.24, 2.45) is 0 Å². The highest BCUT2D eigenvalue weighted by Gasteiger charge is 2.50. The number of hydrogen-bond acceptors (Lipinski definition) is 6. The predicted molar refractivity (Wildman–Crippen MR) is 80.3 cm³/mol. The lowest BCUT2D eigenvalue weighted by Gasteiger charge is -2.47. The molecular weight excluding hydrogens is 300 g/mol. The maximum Gasteiger partial charge on any atom is 0.186 e. The van der Waals surface area contributed by atoms with Crippen molar-refractivity contribution in [2.45, 2.75) is 37.0 Å². The SMILES string of the molecule is C#CCO[C@@H]1[C@H](OC)O[C@@H]2CO[C@@H](c3ccccc3)O[C@H]2[C@@H]1O. The van der Waals surface area contributed by atoms with Crippen molar-refractivity contribution in [3.63, 3.8) is 0 Å². The van der Waals surface area contributed by atoms with Crippen LogP contribution in [0, 0.1) is 12.3 Å². The van der Waals surface area contributed by atoms with Crippen LogP contribution in [0.3, 0.4) is 0 Å². The van der Waals surface area contributed by atoms with Crippen molar-refractivity contribution < 1.29 is 28.8 Å². The van der Waals surface area contributed by atoms with Crippen LogP contribution in [0.15, 0.2) is 30.3 Å². The van der Waals surface area contributed by atoms with E-state index in [-0.39, 0.29) is 6.61 Å². The van der Waals surface area contributed by atoms with Gasteiger partial charge >= 0.3 is 0 Å². The van der Waals surface area contributed by atoms with Crippen LogP contribution >= 0.6 is 0 Å². The van der Waals surface area contributed by atoms with Crippen molar-refractivity contribution in [1.82, 2.24) is 0 Å². The Morgan fingerprint density at radius 2 is 2.09 bits per heavy atom. The van der Waals surface area contributed by atoms with Crippen LogP contribution in [0.5, 0.6) is 0 Å². The average molecular weight is 320 g/mol. The van der Waals surface area contributed by atoms with Gasteiger partial charge in [-0.25, -0.2) is 0 Å². The zero-order chi connectivity index (χ0) is 16.2. The maximum absolute atomic E-state index is 10.6. The molecule has 0 spiro atoms. The van der Waals surface area contributed by atoms with Gasteiger partial charge in [-0.2, -0.15) is 0 Å². The van der Waals surface area contributed by atoms with Crippen LogP contribution in [0.1, 0.15) is 11.9 Å². The molecule has 2 saturated heterocycles. The number of terminal acetylenes is 1. The van der Waals surface area contributed by atoms with Crippen molar-refractivity contribution >= 4 is 0 Å². The topological polar surface area (TPSA) is 66.4 Å². The van der Waals surface area contributed by atoms with Gasteiger partial charge in [-0.1, -0.05) is 36.3 Å². The van der Waals surface area contributed by atoms with Gasteiger partial charge in [0.05, 0.1) is 6.61 Å². The van der Waals surface area contributed by atoms with Crippen molar-refractivity contribution in [2.75, 3.05) is 20.3 Å². The summed E-state index contributed by atoms with van der Waals surface area (Å²) < 4.78 is 28.1. The Hall–Kier alpha value is -1.46. The molecule has 2 aliphatic rings. The van der Waals surface area contributed by atoms with Crippen LogP contribution in [0.25, 0.3) is 0 Å². The average Bonchev–Trinajstić information content (AvgIpc) is 2.61. The van der Waals surface area contributed by atoms with Crippen LogP contribution < -0.4 is 0 Å². The number of fused-ring (bicyclic) bond motifs is 1. The van der Waals surface area contributed by atoms with E-state index < -0.39 is 37.0 Å². The van der Waals surface area contributed by atoms with E-state index in [1.807, 2.05) is 30.3 Å². The van der Waals surface area contributed by atoms with Gasteiger partial charge in [-0.05, 0) is 0 Å². The van der Waals surface area contributed by atoms with Crippen LogP contribution in [-0.2, 0) is 23.7 Å². The van der Waals surface area contributed by atoms with E-state index in [1.165, 1.54) is 7.11 Å². The first-order valence-electron chi connectivity index (χ1n) is 7.48. The molecule has 0 saturated carbocycles. The summed E-state index contributed by atoms with van der Waals surface area (Å²) in [4.78, 5) is 0. The monoisotopic (exact) mass is 320 g/mol. The number of aliphatic hydroxyl groups excluding tert-OH is 1. The smallest absolute Gasteiger partial charge is 0.186 e. The molecule has 0 aromatic heterocycles. The fourth-order valence-electron chi connectivity index (χ4n) is 2.86. The molecule has 1 aromatic carbocycles. The van der Waals surface area contributed by atoms with Crippen LogP contribution in [-0.4, -0.2) is 56.1 Å². The minimum Gasteiger partial charge on any atom is -0.387 e. The molecule has 0 bridgehead atoms. The third kappa shape index (κ3) is 3.40. The minimum absolute atomic E-state index is 0.0565. The zero-order valence-electron chi connectivity index (χ0n) is 12.8. The Labute approximate surface area is 135 Å². The molecule has 0 radical (unpaired) electrons. The van der Waals surface area contributed by atoms with E-state index in [9.17, 15) is 5.11 Å².